The highest BCUT2D eigenvalue weighted by molar-refractivity contribution is 6.31. The summed E-state index contributed by atoms with van der Waals surface area (Å²) in [5.74, 6) is 0. The van der Waals surface area contributed by atoms with Crippen LogP contribution in [-0.2, 0) is 10.3 Å². The zero-order chi connectivity index (χ0) is 17.4. The number of methoxy groups -OCH3 is 1. The maximum absolute atomic E-state index is 13.9. The van der Waals surface area contributed by atoms with Crippen LogP contribution in [-0.4, -0.2) is 25.1 Å². The third-order valence-corrected chi connectivity index (χ3v) is 3.70. The highest BCUT2D eigenvalue weighted by atomic mass is 35.5. The van der Waals surface area contributed by atoms with Crippen molar-refractivity contribution in [1.29, 1.82) is 0 Å². The van der Waals surface area contributed by atoms with Crippen molar-refractivity contribution < 1.29 is 35.5 Å². The predicted octanol–water partition coefficient (Wildman–Crippen LogP) is 5.42. The Bertz CT molecular complexity index is 512. The van der Waals surface area contributed by atoms with Crippen molar-refractivity contribution in [2.24, 2.45) is 0 Å². The molecule has 1 aromatic rings. The molecule has 0 radical (unpaired) electrons. The monoisotopic (exact) mass is 352 g/mol. The van der Waals surface area contributed by atoms with E-state index in [1.165, 1.54) is 24.3 Å². The SMILES string of the molecule is COC(C)(CC(F)(C(F)(F)F)C(F)(F)F)c1ccccc1Cl. The van der Waals surface area contributed by atoms with Crippen molar-refractivity contribution in [3.63, 3.8) is 0 Å². The first kappa shape index (κ1) is 19.0. The van der Waals surface area contributed by atoms with E-state index in [2.05, 4.69) is 0 Å². The molecule has 9 heteroatoms. The molecule has 0 aliphatic rings. The van der Waals surface area contributed by atoms with Gasteiger partial charge in [-0.3, -0.25) is 0 Å². The maximum Gasteiger partial charge on any atom is 0.431 e. The van der Waals surface area contributed by atoms with Gasteiger partial charge in [0.25, 0.3) is 0 Å². The molecule has 1 nitrogen and oxygen atoms in total. The fraction of sp³-hybridized carbons (Fsp3) is 0.538. The van der Waals surface area contributed by atoms with Gasteiger partial charge in [-0.2, -0.15) is 26.3 Å². The molecule has 0 amide bonds. The predicted molar refractivity (Wildman–Crippen MR) is 66.4 cm³/mol. The lowest BCUT2D eigenvalue weighted by atomic mass is 9.83. The Morgan fingerprint density at radius 3 is 1.77 bits per heavy atom. The molecule has 126 valence electrons. The zero-order valence-electron chi connectivity index (χ0n) is 11.4. The fourth-order valence-corrected chi connectivity index (χ4v) is 2.33. The molecule has 1 unspecified atom stereocenters. The molecule has 1 rings (SSSR count). The van der Waals surface area contributed by atoms with E-state index in [9.17, 15) is 30.7 Å². The summed E-state index contributed by atoms with van der Waals surface area (Å²) in [6, 6.07) is 5.21. The normalized spacial score (nSPS) is 16.5. The second-order valence-corrected chi connectivity index (χ2v) is 5.30. The summed E-state index contributed by atoms with van der Waals surface area (Å²) in [7, 11) is 0.885. The lowest BCUT2D eigenvalue weighted by Crippen LogP contribution is -2.56. The van der Waals surface area contributed by atoms with E-state index in [-0.39, 0.29) is 10.6 Å². The average Bonchev–Trinajstić information content (AvgIpc) is 2.36. The minimum atomic E-state index is -6.15. The van der Waals surface area contributed by atoms with Gasteiger partial charge in [0.1, 0.15) is 0 Å². The van der Waals surface area contributed by atoms with Crippen molar-refractivity contribution in [2.75, 3.05) is 7.11 Å². The van der Waals surface area contributed by atoms with Crippen molar-refractivity contribution in [2.45, 2.75) is 37.0 Å². The van der Waals surface area contributed by atoms with Gasteiger partial charge in [-0.1, -0.05) is 29.8 Å². The quantitative estimate of drug-likeness (QED) is 0.657. The van der Waals surface area contributed by atoms with Crippen LogP contribution in [0.3, 0.4) is 0 Å². The van der Waals surface area contributed by atoms with E-state index < -0.39 is 30.0 Å². The first-order valence-corrected chi connectivity index (χ1v) is 6.29. The van der Waals surface area contributed by atoms with Crippen LogP contribution in [0.15, 0.2) is 24.3 Å². The van der Waals surface area contributed by atoms with Crippen molar-refractivity contribution in [3.05, 3.63) is 34.9 Å². The molecule has 0 spiro atoms. The lowest BCUT2D eigenvalue weighted by Gasteiger charge is -2.38. The minimum Gasteiger partial charge on any atom is -0.374 e. The molecular weight excluding hydrogens is 341 g/mol. The fourth-order valence-electron chi connectivity index (χ4n) is 1.99. The van der Waals surface area contributed by atoms with Gasteiger partial charge in [0.2, 0.25) is 0 Å². The smallest absolute Gasteiger partial charge is 0.374 e. The third kappa shape index (κ3) is 3.32. The molecule has 1 aromatic carbocycles. The van der Waals surface area contributed by atoms with E-state index >= 15 is 0 Å². The van der Waals surface area contributed by atoms with Crippen LogP contribution in [0.4, 0.5) is 30.7 Å². The average molecular weight is 353 g/mol. The lowest BCUT2D eigenvalue weighted by molar-refractivity contribution is -0.353. The van der Waals surface area contributed by atoms with Crippen LogP contribution in [0.2, 0.25) is 5.02 Å². The zero-order valence-corrected chi connectivity index (χ0v) is 12.2. The highest BCUT2D eigenvalue weighted by Gasteiger charge is 2.74. The highest BCUT2D eigenvalue weighted by Crippen LogP contribution is 2.53. The first-order chi connectivity index (χ1) is 9.78. The molecule has 0 bridgehead atoms. The van der Waals surface area contributed by atoms with E-state index in [0.29, 0.717) is 0 Å². The van der Waals surface area contributed by atoms with E-state index in [0.717, 1.165) is 14.0 Å². The van der Waals surface area contributed by atoms with E-state index in [1.54, 1.807) is 0 Å². The number of alkyl halides is 7. The van der Waals surface area contributed by atoms with Gasteiger partial charge in [-0.25, -0.2) is 4.39 Å². The molecule has 0 aliphatic heterocycles. The van der Waals surface area contributed by atoms with Gasteiger partial charge >= 0.3 is 18.0 Å². The number of halogens is 8. The van der Waals surface area contributed by atoms with Crippen LogP contribution in [0, 0.1) is 0 Å². The summed E-state index contributed by atoms with van der Waals surface area (Å²) in [4.78, 5) is 0. The Morgan fingerprint density at radius 1 is 0.955 bits per heavy atom. The largest absolute Gasteiger partial charge is 0.431 e. The Balaban J connectivity index is 3.40. The van der Waals surface area contributed by atoms with Crippen LogP contribution in [0.25, 0.3) is 0 Å². The summed E-state index contributed by atoms with van der Waals surface area (Å²) in [5, 5.41) is -0.126. The summed E-state index contributed by atoms with van der Waals surface area (Å²) in [5.41, 5.74) is -7.82. The molecule has 1 atom stereocenters. The number of rotatable bonds is 4. The topological polar surface area (TPSA) is 9.23 Å². The molecule has 0 saturated heterocycles. The van der Waals surface area contributed by atoms with Gasteiger partial charge in [-0.15, -0.1) is 0 Å². The maximum atomic E-state index is 13.9. The standard InChI is InChI=1S/C13H12ClF7O/c1-10(22-2,8-5-3-4-6-9(8)14)7-11(15,12(16,17)18)13(19,20)21/h3-6H,7H2,1-2H3. The summed E-state index contributed by atoms with van der Waals surface area (Å²) in [6.07, 6.45) is -14.3. The van der Waals surface area contributed by atoms with Gasteiger partial charge in [0, 0.05) is 24.1 Å². The van der Waals surface area contributed by atoms with E-state index in [1.807, 2.05) is 0 Å². The van der Waals surface area contributed by atoms with Crippen molar-refractivity contribution in [3.8, 4) is 0 Å². The van der Waals surface area contributed by atoms with Crippen molar-refractivity contribution >= 4 is 11.6 Å². The molecule has 0 aliphatic carbocycles. The third-order valence-electron chi connectivity index (χ3n) is 3.37. The molecular formula is C13H12ClF7O. The summed E-state index contributed by atoms with van der Waals surface area (Å²) in [6.45, 7) is 0.917. The van der Waals surface area contributed by atoms with Gasteiger partial charge in [0.15, 0.2) is 0 Å². The number of ether oxygens (including phenoxy) is 1. The second kappa shape index (κ2) is 5.88. The molecule has 0 aromatic heterocycles. The molecule has 0 fully saturated rings. The minimum absolute atomic E-state index is 0.126. The van der Waals surface area contributed by atoms with Crippen LogP contribution < -0.4 is 0 Å². The Hall–Kier alpha value is -1.02. The Labute approximate surface area is 127 Å². The molecule has 0 heterocycles. The molecule has 0 saturated carbocycles. The molecule has 0 N–H and O–H groups in total. The van der Waals surface area contributed by atoms with Crippen LogP contribution >= 0.6 is 11.6 Å². The summed E-state index contributed by atoms with van der Waals surface area (Å²) >= 11 is 5.78. The first-order valence-electron chi connectivity index (χ1n) is 5.91. The van der Waals surface area contributed by atoms with E-state index in [4.69, 9.17) is 16.3 Å². The number of hydrogen-bond donors (Lipinski definition) is 0. The van der Waals surface area contributed by atoms with Crippen LogP contribution in [0.1, 0.15) is 18.9 Å². The Morgan fingerprint density at radius 2 is 1.41 bits per heavy atom. The van der Waals surface area contributed by atoms with Gasteiger partial charge in [-0.05, 0) is 13.0 Å². The number of hydrogen-bond acceptors (Lipinski definition) is 1. The molecule has 22 heavy (non-hydrogen) atoms. The summed E-state index contributed by atoms with van der Waals surface area (Å²) < 4.78 is 94.9. The second-order valence-electron chi connectivity index (χ2n) is 4.89. The van der Waals surface area contributed by atoms with Gasteiger partial charge < -0.3 is 4.74 Å². The van der Waals surface area contributed by atoms with Crippen LogP contribution in [0.5, 0.6) is 0 Å². The van der Waals surface area contributed by atoms with Gasteiger partial charge in [0.05, 0.1) is 5.60 Å². The van der Waals surface area contributed by atoms with Crippen molar-refractivity contribution in [1.82, 2.24) is 0 Å². The number of benzene rings is 1. The Kier molecular flexibility index (Phi) is 5.09.